The maximum absolute atomic E-state index is 11.8. The van der Waals surface area contributed by atoms with Crippen LogP contribution >= 0.6 is 0 Å². The summed E-state index contributed by atoms with van der Waals surface area (Å²) in [6, 6.07) is 13.6. The summed E-state index contributed by atoms with van der Waals surface area (Å²) in [5.41, 5.74) is 2.18. The normalized spacial score (nSPS) is 13.3. The van der Waals surface area contributed by atoms with Gasteiger partial charge >= 0.3 is 5.63 Å². The first kappa shape index (κ1) is 12.5. The fraction of sp³-hybridized carbons (Fsp3) is 0. The number of benzene rings is 2. The van der Waals surface area contributed by atoms with Gasteiger partial charge in [-0.1, -0.05) is 24.3 Å². The number of nitrogens with one attached hydrogen (secondary N) is 1. The Kier molecular flexibility index (Phi) is 2.50. The molecule has 22 heavy (non-hydrogen) atoms. The summed E-state index contributed by atoms with van der Waals surface area (Å²) in [6.07, 6.45) is 0. The predicted molar refractivity (Wildman–Crippen MR) is 80.9 cm³/mol. The van der Waals surface area contributed by atoms with Crippen LogP contribution in [0.5, 0.6) is 0 Å². The summed E-state index contributed by atoms with van der Waals surface area (Å²) in [5, 5.41) is 3.28. The Morgan fingerprint density at radius 2 is 1.68 bits per heavy atom. The highest BCUT2D eigenvalue weighted by Crippen LogP contribution is 2.32. The second kappa shape index (κ2) is 4.39. The van der Waals surface area contributed by atoms with Crippen LogP contribution in [0.4, 0.5) is 5.69 Å². The third kappa shape index (κ3) is 1.76. The van der Waals surface area contributed by atoms with E-state index in [9.17, 15) is 14.4 Å². The zero-order valence-corrected chi connectivity index (χ0v) is 11.3. The molecule has 0 atom stereocenters. The number of anilines is 1. The number of para-hydroxylation sites is 1. The molecule has 0 saturated carbocycles. The molecule has 106 valence electrons. The number of Topliss-reactive ketones (excluding diaryl/α,β-unsaturated/α-hetero) is 1. The van der Waals surface area contributed by atoms with Gasteiger partial charge in [0, 0.05) is 11.5 Å². The zero-order valence-electron chi connectivity index (χ0n) is 11.3. The molecule has 4 rings (SSSR count). The van der Waals surface area contributed by atoms with E-state index in [1.165, 1.54) is 6.07 Å². The summed E-state index contributed by atoms with van der Waals surface area (Å²) in [7, 11) is 0. The Morgan fingerprint density at radius 1 is 0.864 bits per heavy atom. The molecule has 5 nitrogen and oxygen atoms in total. The van der Waals surface area contributed by atoms with Crippen molar-refractivity contribution in [2.75, 3.05) is 5.32 Å². The van der Waals surface area contributed by atoms with Crippen LogP contribution in [0, 0.1) is 0 Å². The highest BCUT2D eigenvalue weighted by molar-refractivity contribution is 6.51. The van der Waals surface area contributed by atoms with Crippen LogP contribution < -0.4 is 10.9 Å². The average Bonchev–Trinajstić information content (AvgIpc) is 2.81. The molecule has 0 aliphatic carbocycles. The average molecular weight is 291 g/mol. The number of hydrogen-bond donors (Lipinski definition) is 1. The first-order valence-electron chi connectivity index (χ1n) is 6.66. The Labute approximate surface area is 124 Å². The van der Waals surface area contributed by atoms with Crippen LogP contribution in [-0.4, -0.2) is 11.7 Å². The molecule has 0 spiro atoms. The summed E-state index contributed by atoms with van der Waals surface area (Å²) < 4.78 is 5.17. The van der Waals surface area contributed by atoms with Crippen molar-refractivity contribution < 1.29 is 14.0 Å². The number of carbonyl (C=O) groups is 2. The molecular weight excluding hydrogens is 282 g/mol. The van der Waals surface area contributed by atoms with Crippen molar-refractivity contribution >= 4 is 28.3 Å². The maximum Gasteiger partial charge on any atom is 0.336 e. The molecule has 1 aliphatic heterocycles. The van der Waals surface area contributed by atoms with Gasteiger partial charge in [-0.2, -0.15) is 0 Å². The van der Waals surface area contributed by atoms with E-state index in [1.807, 2.05) is 12.1 Å². The minimum atomic E-state index is -0.635. The van der Waals surface area contributed by atoms with E-state index in [0.717, 1.165) is 5.39 Å². The monoisotopic (exact) mass is 291 g/mol. The molecule has 3 aromatic rings. The van der Waals surface area contributed by atoms with Gasteiger partial charge in [-0.25, -0.2) is 4.79 Å². The molecule has 0 fully saturated rings. The largest absolute Gasteiger partial charge is 0.423 e. The Balaban J connectivity index is 2.00. The molecule has 0 radical (unpaired) electrons. The van der Waals surface area contributed by atoms with Gasteiger partial charge in [-0.05, 0) is 29.3 Å². The molecule has 0 saturated heterocycles. The summed E-state index contributed by atoms with van der Waals surface area (Å²) in [5.74, 6) is -1.20. The number of carbonyl (C=O) groups excluding carboxylic acids is 2. The minimum absolute atomic E-state index is 0.319. The first-order chi connectivity index (χ1) is 10.6. The summed E-state index contributed by atoms with van der Waals surface area (Å²) in [4.78, 5) is 35.0. The maximum atomic E-state index is 11.8. The van der Waals surface area contributed by atoms with E-state index in [-0.39, 0.29) is 0 Å². The Morgan fingerprint density at radius 3 is 2.55 bits per heavy atom. The topological polar surface area (TPSA) is 76.4 Å². The Hall–Kier alpha value is -3.21. The summed E-state index contributed by atoms with van der Waals surface area (Å²) >= 11 is 0. The van der Waals surface area contributed by atoms with E-state index >= 15 is 0 Å². The minimum Gasteiger partial charge on any atom is -0.423 e. The standard InChI is InChI=1S/C17H9NO4/c19-15-8-11(10-3-1-2-4-14(10)22-15)9-5-6-13-12(7-9)16(20)17(21)18-13/h1-8H,(H,18,20,21). The molecular formula is C17H9NO4. The van der Waals surface area contributed by atoms with Gasteiger partial charge in [-0.15, -0.1) is 0 Å². The lowest BCUT2D eigenvalue weighted by Crippen LogP contribution is -2.12. The van der Waals surface area contributed by atoms with E-state index in [0.29, 0.717) is 28.0 Å². The van der Waals surface area contributed by atoms with Crippen molar-refractivity contribution in [3.63, 3.8) is 0 Å². The van der Waals surface area contributed by atoms with Gasteiger partial charge in [0.2, 0.25) is 0 Å². The highest BCUT2D eigenvalue weighted by Gasteiger charge is 2.28. The first-order valence-corrected chi connectivity index (χ1v) is 6.66. The number of rotatable bonds is 1. The molecule has 0 unspecified atom stereocenters. The lowest BCUT2D eigenvalue weighted by atomic mass is 9.99. The van der Waals surface area contributed by atoms with Crippen molar-refractivity contribution in [1.29, 1.82) is 0 Å². The predicted octanol–water partition coefficient (Wildman–Crippen LogP) is 2.59. The van der Waals surface area contributed by atoms with Crippen LogP contribution in [0.25, 0.3) is 22.1 Å². The zero-order chi connectivity index (χ0) is 15.3. The molecule has 1 aliphatic rings. The SMILES string of the molecule is O=C1Nc2ccc(-c3cc(=O)oc4ccccc34)cc2C1=O. The second-order valence-corrected chi connectivity index (χ2v) is 5.02. The molecule has 1 amide bonds. The van der Waals surface area contributed by atoms with Gasteiger partial charge in [0.25, 0.3) is 11.7 Å². The number of hydrogen-bond acceptors (Lipinski definition) is 4. The quantitative estimate of drug-likeness (QED) is 0.552. The van der Waals surface area contributed by atoms with Crippen LogP contribution in [0.1, 0.15) is 10.4 Å². The third-order valence-corrected chi connectivity index (χ3v) is 3.68. The van der Waals surface area contributed by atoms with Gasteiger partial charge in [-0.3, -0.25) is 9.59 Å². The number of ketones is 1. The van der Waals surface area contributed by atoms with Gasteiger partial charge < -0.3 is 9.73 Å². The second-order valence-electron chi connectivity index (χ2n) is 5.02. The van der Waals surface area contributed by atoms with Crippen molar-refractivity contribution in [2.24, 2.45) is 0 Å². The molecule has 2 heterocycles. The molecule has 0 bridgehead atoms. The number of amides is 1. The van der Waals surface area contributed by atoms with Crippen molar-refractivity contribution in [2.45, 2.75) is 0 Å². The van der Waals surface area contributed by atoms with E-state index < -0.39 is 17.3 Å². The van der Waals surface area contributed by atoms with Gasteiger partial charge in [0.15, 0.2) is 0 Å². The van der Waals surface area contributed by atoms with Crippen molar-refractivity contribution in [3.05, 3.63) is 64.5 Å². The third-order valence-electron chi connectivity index (χ3n) is 3.68. The van der Waals surface area contributed by atoms with Gasteiger partial charge in [0.1, 0.15) is 5.58 Å². The highest BCUT2D eigenvalue weighted by atomic mass is 16.4. The van der Waals surface area contributed by atoms with Crippen molar-refractivity contribution in [1.82, 2.24) is 0 Å². The molecule has 2 aromatic carbocycles. The number of fused-ring (bicyclic) bond motifs is 2. The van der Waals surface area contributed by atoms with E-state index in [1.54, 1.807) is 30.3 Å². The molecule has 1 N–H and O–H groups in total. The van der Waals surface area contributed by atoms with Crippen LogP contribution in [-0.2, 0) is 4.79 Å². The fourth-order valence-electron chi connectivity index (χ4n) is 2.66. The fourth-order valence-corrected chi connectivity index (χ4v) is 2.66. The molecule has 1 aromatic heterocycles. The lowest BCUT2D eigenvalue weighted by Gasteiger charge is -2.07. The Bertz CT molecular complexity index is 1020. The van der Waals surface area contributed by atoms with Crippen LogP contribution in [0.3, 0.4) is 0 Å². The smallest absolute Gasteiger partial charge is 0.336 e. The molecule has 5 heteroatoms. The lowest BCUT2D eigenvalue weighted by molar-refractivity contribution is -0.112. The van der Waals surface area contributed by atoms with E-state index in [2.05, 4.69) is 5.32 Å². The van der Waals surface area contributed by atoms with Gasteiger partial charge in [0.05, 0.1) is 11.3 Å². The van der Waals surface area contributed by atoms with E-state index in [4.69, 9.17) is 4.42 Å². The van der Waals surface area contributed by atoms with Crippen molar-refractivity contribution in [3.8, 4) is 11.1 Å². The summed E-state index contributed by atoms with van der Waals surface area (Å²) in [6.45, 7) is 0. The van der Waals surface area contributed by atoms with Crippen LogP contribution in [0.2, 0.25) is 0 Å². The van der Waals surface area contributed by atoms with Crippen LogP contribution in [0.15, 0.2) is 57.7 Å².